The van der Waals surface area contributed by atoms with Crippen molar-refractivity contribution in [3.05, 3.63) is 28.5 Å². The Bertz CT molecular complexity index is 439. The first kappa shape index (κ1) is 16.4. The van der Waals surface area contributed by atoms with Crippen LogP contribution in [-0.2, 0) is 4.79 Å². The van der Waals surface area contributed by atoms with Gasteiger partial charge in [0.05, 0.1) is 5.69 Å². The number of carbonyl (C=O) groups excluding carboxylic acids is 1. The minimum atomic E-state index is -0.406. The van der Waals surface area contributed by atoms with Crippen molar-refractivity contribution in [2.75, 3.05) is 18.4 Å². The van der Waals surface area contributed by atoms with Crippen LogP contribution in [0.25, 0.3) is 0 Å². The lowest BCUT2D eigenvalue weighted by atomic mass is 9.94. The number of halogens is 3. The Hall–Kier alpha value is -0.650. The molecule has 0 aromatic heterocycles. The van der Waals surface area contributed by atoms with Gasteiger partial charge in [0.2, 0.25) is 5.91 Å². The van der Waals surface area contributed by atoms with Gasteiger partial charge in [0.1, 0.15) is 5.82 Å². The number of rotatable bonds is 3. The highest BCUT2D eigenvalue weighted by molar-refractivity contribution is 9.10. The van der Waals surface area contributed by atoms with Crippen molar-refractivity contribution < 1.29 is 9.18 Å². The van der Waals surface area contributed by atoms with Crippen LogP contribution in [0.1, 0.15) is 19.3 Å². The first-order valence-corrected chi connectivity index (χ1v) is 6.90. The van der Waals surface area contributed by atoms with Gasteiger partial charge < -0.3 is 10.6 Å². The summed E-state index contributed by atoms with van der Waals surface area (Å²) in [6, 6.07) is 4.53. The molecule has 0 spiro atoms. The highest BCUT2D eigenvalue weighted by atomic mass is 79.9. The molecule has 1 heterocycles. The predicted octanol–water partition coefficient (Wildman–Crippen LogP) is 3.34. The first-order valence-electron chi connectivity index (χ1n) is 6.11. The Morgan fingerprint density at radius 2 is 2.11 bits per heavy atom. The summed E-state index contributed by atoms with van der Waals surface area (Å²) >= 11 is 3.26. The summed E-state index contributed by atoms with van der Waals surface area (Å²) in [6.45, 7) is 1.92. The predicted molar refractivity (Wildman–Crippen MR) is 80.2 cm³/mol. The summed E-state index contributed by atoms with van der Waals surface area (Å²) in [7, 11) is 0. The monoisotopic (exact) mass is 350 g/mol. The number of amides is 1. The van der Waals surface area contributed by atoms with Gasteiger partial charge in [-0.25, -0.2) is 4.39 Å². The quantitative estimate of drug-likeness (QED) is 0.877. The zero-order valence-corrected chi connectivity index (χ0v) is 12.8. The maximum absolute atomic E-state index is 13.5. The van der Waals surface area contributed by atoms with Crippen molar-refractivity contribution in [3.8, 4) is 0 Å². The van der Waals surface area contributed by atoms with Gasteiger partial charge in [0.25, 0.3) is 0 Å². The molecule has 1 saturated heterocycles. The van der Waals surface area contributed by atoms with Gasteiger partial charge in [0.15, 0.2) is 0 Å². The Labute approximate surface area is 126 Å². The molecule has 1 fully saturated rings. The zero-order chi connectivity index (χ0) is 13.0. The van der Waals surface area contributed by atoms with Gasteiger partial charge in [-0.2, -0.15) is 0 Å². The van der Waals surface area contributed by atoms with Crippen molar-refractivity contribution >= 4 is 39.9 Å². The van der Waals surface area contributed by atoms with E-state index in [1.54, 1.807) is 12.1 Å². The molecule has 0 unspecified atom stereocenters. The Kier molecular flexibility index (Phi) is 6.75. The van der Waals surface area contributed by atoms with E-state index in [1.807, 2.05) is 0 Å². The molecule has 3 nitrogen and oxygen atoms in total. The van der Waals surface area contributed by atoms with Crippen LogP contribution in [-0.4, -0.2) is 19.0 Å². The van der Waals surface area contributed by atoms with Crippen molar-refractivity contribution in [2.45, 2.75) is 19.3 Å². The molecular formula is C13H17BrClFN2O. The molecule has 1 aliphatic rings. The van der Waals surface area contributed by atoms with E-state index in [0.717, 1.165) is 30.4 Å². The molecule has 0 bridgehead atoms. The molecule has 1 aromatic carbocycles. The van der Waals surface area contributed by atoms with E-state index in [4.69, 9.17) is 0 Å². The molecule has 1 aliphatic heterocycles. The van der Waals surface area contributed by atoms with Crippen LogP contribution in [0, 0.1) is 11.7 Å². The zero-order valence-electron chi connectivity index (χ0n) is 10.4. The van der Waals surface area contributed by atoms with Gasteiger partial charge in [-0.1, -0.05) is 15.9 Å². The smallest absolute Gasteiger partial charge is 0.224 e. The number of hydrogen-bond acceptors (Lipinski definition) is 2. The summed E-state index contributed by atoms with van der Waals surface area (Å²) in [5.74, 6) is -0.114. The molecule has 2 N–H and O–H groups in total. The Morgan fingerprint density at radius 3 is 2.79 bits per heavy atom. The summed E-state index contributed by atoms with van der Waals surface area (Å²) < 4.78 is 14.2. The molecule has 106 valence electrons. The third-order valence-corrected chi connectivity index (χ3v) is 3.63. The average molecular weight is 352 g/mol. The number of carbonyl (C=O) groups is 1. The van der Waals surface area contributed by atoms with Gasteiger partial charge in [-0.05, 0) is 50.0 Å². The van der Waals surface area contributed by atoms with E-state index in [-0.39, 0.29) is 24.0 Å². The van der Waals surface area contributed by atoms with Gasteiger partial charge >= 0.3 is 0 Å². The lowest BCUT2D eigenvalue weighted by molar-refractivity contribution is -0.117. The molecule has 0 radical (unpaired) electrons. The van der Waals surface area contributed by atoms with Crippen LogP contribution < -0.4 is 10.6 Å². The maximum atomic E-state index is 13.5. The van der Waals surface area contributed by atoms with Crippen LogP contribution in [0.15, 0.2) is 22.7 Å². The molecular weight excluding hydrogens is 335 g/mol. The van der Waals surface area contributed by atoms with Crippen molar-refractivity contribution in [3.63, 3.8) is 0 Å². The summed E-state index contributed by atoms with van der Waals surface area (Å²) in [4.78, 5) is 11.8. The maximum Gasteiger partial charge on any atom is 0.224 e. The molecule has 0 aliphatic carbocycles. The number of hydrogen-bond donors (Lipinski definition) is 2. The molecule has 0 atom stereocenters. The molecule has 0 saturated carbocycles. The second-order valence-corrected chi connectivity index (χ2v) is 5.49. The van der Waals surface area contributed by atoms with Gasteiger partial charge in [-0.15, -0.1) is 12.4 Å². The SMILES string of the molecule is Cl.O=C(CC1CCNCC1)Nc1cc(Br)ccc1F. The fourth-order valence-electron chi connectivity index (χ4n) is 2.14. The fourth-order valence-corrected chi connectivity index (χ4v) is 2.50. The molecule has 1 amide bonds. The van der Waals surface area contributed by atoms with E-state index in [9.17, 15) is 9.18 Å². The van der Waals surface area contributed by atoms with E-state index in [1.165, 1.54) is 6.07 Å². The highest BCUT2D eigenvalue weighted by Crippen LogP contribution is 2.22. The topological polar surface area (TPSA) is 41.1 Å². The first-order chi connectivity index (χ1) is 8.65. The Morgan fingerprint density at radius 1 is 1.42 bits per heavy atom. The third-order valence-electron chi connectivity index (χ3n) is 3.14. The molecule has 2 rings (SSSR count). The lowest BCUT2D eigenvalue weighted by Crippen LogP contribution is -2.30. The van der Waals surface area contributed by atoms with E-state index in [0.29, 0.717) is 12.3 Å². The number of benzene rings is 1. The van der Waals surface area contributed by atoms with Crippen molar-refractivity contribution in [1.29, 1.82) is 0 Å². The Balaban J connectivity index is 0.00000180. The lowest BCUT2D eigenvalue weighted by Gasteiger charge is -2.21. The number of anilines is 1. The standard InChI is InChI=1S/C13H16BrFN2O.ClH/c14-10-1-2-11(15)12(8-10)17-13(18)7-9-3-5-16-6-4-9;/h1-2,8-9,16H,3-7H2,(H,17,18);1H. The largest absolute Gasteiger partial charge is 0.324 e. The number of nitrogens with one attached hydrogen (secondary N) is 2. The minimum absolute atomic E-state index is 0. The van der Waals surface area contributed by atoms with E-state index >= 15 is 0 Å². The summed E-state index contributed by atoms with van der Waals surface area (Å²) in [5, 5.41) is 5.89. The van der Waals surface area contributed by atoms with Gasteiger partial charge in [-0.3, -0.25) is 4.79 Å². The second kappa shape index (κ2) is 7.82. The van der Waals surface area contributed by atoms with Gasteiger partial charge in [0, 0.05) is 10.9 Å². The number of piperidine rings is 1. The van der Waals surface area contributed by atoms with E-state index in [2.05, 4.69) is 26.6 Å². The highest BCUT2D eigenvalue weighted by Gasteiger charge is 2.17. The third kappa shape index (κ3) is 5.09. The van der Waals surface area contributed by atoms with Crippen LogP contribution in [0.2, 0.25) is 0 Å². The molecule has 19 heavy (non-hydrogen) atoms. The average Bonchev–Trinajstić information content (AvgIpc) is 2.35. The van der Waals surface area contributed by atoms with Crippen molar-refractivity contribution in [2.24, 2.45) is 5.92 Å². The van der Waals surface area contributed by atoms with Crippen LogP contribution in [0.5, 0.6) is 0 Å². The van der Waals surface area contributed by atoms with Crippen LogP contribution in [0.3, 0.4) is 0 Å². The molecule has 1 aromatic rings. The molecule has 6 heteroatoms. The van der Waals surface area contributed by atoms with Crippen LogP contribution in [0.4, 0.5) is 10.1 Å². The van der Waals surface area contributed by atoms with Crippen LogP contribution >= 0.6 is 28.3 Å². The summed E-state index contributed by atoms with van der Waals surface area (Å²) in [5.41, 5.74) is 0.239. The second-order valence-electron chi connectivity index (χ2n) is 4.57. The minimum Gasteiger partial charge on any atom is -0.324 e. The van der Waals surface area contributed by atoms with E-state index < -0.39 is 5.82 Å². The normalized spacial score (nSPS) is 15.7. The fraction of sp³-hybridized carbons (Fsp3) is 0.462. The van der Waals surface area contributed by atoms with Crippen molar-refractivity contribution in [1.82, 2.24) is 5.32 Å². The summed E-state index contributed by atoms with van der Waals surface area (Å²) in [6.07, 6.45) is 2.48.